The molecule has 2 aromatic rings. The first-order valence-corrected chi connectivity index (χ1v) is 7.58. The van der Waals surface area contributed by atoms with Crippen LogP contribution < -0.4 is 10.1 Å². The number of nitrogens with one attached hydrogen (secondary N) is 1. The van der Waals surface area contributed by atoms with Crippen LogP contribution in [0, 0.1) is 0 Å². The van der Waals surface area contributed by atoms with Crippen molar-refractivity contribution in [1.82, 2.24) is 10.3 Å². The summed E-state index contributed by atoms with van der Waals surface area (Å²) in [6.45, 7) is 2.61. The van der Waals surface area contributed by atoms with E-state index in [0.717, 1.165) is 36.7 Å². The Morgan fingerprint density at radius 2 is 2.26 bits per heavy atom. The van der Waals surface area contributed by atoms with Gasteiger partial charge in [0, 0.05) is 30.8 Å². The van der Waals surface area contributed by atoms with E-state index in [9.17, 15) is 0 Å². The molecule has 1 aromatic carbocycles. The average molecular weight is 295 g/mol. The van der Waals surface area contributed by atoms with Crippen LogP contribution in [0.15, 0.2) is 24.3 Å². The SMILES string of the molecule is Clc1ccccc1OCCc1nc2c(s1)CNCC2. The molecule has 3 nitrogen and oxygen atoms in total. The molecule has 0 unspecified atom stereocenters. The zero-order valence-electron chi connectivity index (χ0n) is 10.5. The molecule has 1 aliphatic rings. The molecule has 0 radical (unpaired) electrons. The van der Waals surface area contributed by atoms with Crippen molar-refractivity contribution in [3.05, 3.63) is 44.9 Å². The minimum Gasteiger partial charge on any atom is -0.492 e. The Morgan fingerprint density at radius 3 is 3.11 bits per heavy atom. The summed E-state index contributed by atoms with van der Waals surface area (Å²) in [5.74, 6) is 0.743. The average Bonchev–Trinajstić information content (AvgIpc) is 2.83. The highest BCUT2D eigenvalue weighted by Gasteiger charge is 2.14. The van der Waals surface area contributed by atoms with Crippen LogP contribution in [0.4, 0.5) is 0 Å². The van der Waals surface area contributed by atoms with Crippen molar-refractivity contribution in [1.29, 1.82) is 0 Å². The molecule has 0 fully saturated rings. The second kappa shape index (κ2) is 5.90. The van der Waals surface area contributed by atoms with E-state index in [1.165, 1.54) is 10.6 Å². The van der Waals surface area contributed by atoms with Gasteiger partial charge in [0.05, 0.1) is 22.3 Å². The molecule has 100 valence electrons. The molecular weight excluding hydrogens is 280 g/mol. The van der Waals surface area contributed by atoms with E-state index in [1.807, 2.05) is 24.3 Å². The van der Waals surface area contributed by atoms with Gasteiger partial charge in [-0.25, -0.2) is 4.98 Å². The van der Waals surface area contributed by atoms with Gasteiger partial charge in [-0.3, -0.25) is 0 Å². The van der Waals surface area contributed by atoms with Gasteiger partial charge in [-0.05, 0) is 12.1 Å². The third kappa shape index (κ3) is 3.08. The summed E-state index contributed by atoms with van der Waals surface area (Å²) in [5, 5.41) is 5.18. The molecule has 0 atom stereocenters. The van der Waals surface area contributed by atoms with Crippen molar-refractivity contribution in [3.63, 3.8) is 0 Å². The second-order valence-corrected chi connectivity index (χ2v) is 6.01. The third-order valence-electron chi connectivity index (χ3n) is 3.06. The molecule has 5 heteroatoms. The number of hydrogen-bond donors (Lipinski definition) is 1. The van der Waals surface area contributed by atoms with E-state index in [-0.39, 0.29) is 0 Å². The lowest BCUT2D eigenvalue weighted by Crippen LogP contribution is -2.22. The molecule has 3 rings (SSSR count). The number of thiazole rings is 1. The maximum absolute atomic E-state index is 6.04. The van der Waals surface area contributed by atoms with Crippen molar-refractivity contribution in [3.8, 4) is 5.75 Å². The van der Waals surface area contributed by atoms with Crippen molar-refractivity contribution >= 4 is 22.9 Å². The first-order valence-electron chi connectivity index (χ1n) is 6.38. The summed E-state index contributed by atoms with van der Waals surface area (Å²) in [7, 11) is 0. The number of aromatic nitrogens is 1. The maximum Gasteiger partial charge on any atom is 0.137 e. The standard InChI is InChI=1S/C14H15ClN2OS/c15-10-3-1-2-4-12(10)18-8-6-14-17-11-5-7-16-9-13(11)19-14/h1-4,16H,5-9H2. The lowest BCUT2D eigenvalue weighted by Gasteiger charge is -2.09. The predicted molar refractivity (Wildman–Crippen MR) is 78.2 cm³/mol. The van der Waals surface area contributed by atoms with Gasteiger partial charge in [0.15, 0.2) is 0 Å². The summed E-state index contributed by atoms with van der Waals surface area (Å²) >= 11 is 7.83. The molecule has 1 aromatic heterocycles. The van der Waals surface area contributed by atoms with Crippen LogP contribution in [0.25, 0.3) is 0 Å². The van der Waals surface area contributed by atoms with Gasteiger partial charge in [-0.15, -0.1) is 11.3 Å². The van der Waals surface area contributed by atoms with Crippen LogP contribution in [-0.2, 0) is 19.4 Å². The number of benzene rings is 1. The summed E-state index contributed by atoms with van der Waals surface area (Å²) in [6.07, 6.45) is 1.88. The lowest BCUT2D eigenvalue weighted by molar-refractivity contribution is 0.322. The van der Waals surface area contributed by atoms with Gasteiger partial charge in [0.1, 0.15) is 5.75 Å². The highest BCUT2D eigenvalue weighted by Crippen LogP contribution is 2.24. The van der Waals surface area contributed by atoms with Crippen LogP contribution in [0.1, 0.15) is 15.6 Å². The number of rotatable bonds is 4. The molecular formula is C14H15ClN2OS. The van der Waals surface area contributed by atoms with Gasteiger partial charge in [0.25, 0.3) is 0 Å². The van der Waals surface area contributed by atoms with Crippen LogP contribution in [0.2, 0.25) is 5.02 Å². The quantitative estimate of drug-likeness (QED) is 0.941. The monoisotopic (exact) mass is 294 g/mol. The first kappa shape index (κ1) is 12.9. The lowest BCUT2D eigenvalue weighted by atomic mass is 10.2. The largest absolute Gasteiger partial charge is 0.492 e. The van der Waals surface area contributed by atoms with E-state index in [4.69, 9.17) is 16.3 Å². The molecule has 19 heavy (non-hydrogen) atoms. The molecule has 1 aliphatic heterocycles. The Kier molecular flexibility index (Phi) is 4.01. The van der Waals surface area contributed by atoms with E-state index < -0.39 is 0 Å². The Balaban J connectivity index is 1.58. The van der Waals surface area contributed by atoms with Crippen LogP contribution in [0.5, 0.6) is 5.75 Å². The number of hydrogen-bond acceptors (Lipinski definition) is 4. The van der Waals surface area contributed by atoms with E-state index in [2.05, 4.69) is 10.3 Å². The molecule has 0 saturated carbocycles. The van der Waals surface area contributed by atoms with Crippen molar-refractivity contribution in [2.75, 3.05) is 13.2 Å². The number of ether oxygens (including phenoxy) is 1. The van der Waals surface area contributed by atoms with Crippen LogP contribution in [0.3, 0.4) is 0 Å². The fourth-order valence-corrected chi connectivity index (χ4v) is 3.35. The molecule has 0 saturated heterocycles. The molecule has 0 aliphatic carbocycles. The summed E-state index contributed by atoms with van der Waals surface area (Å²) in [5.41, 5.74) is 1.26. The zero-order valence-corrected chi connectivity index (χ0v) is 12.1. The number of halogens is 1. The second-order valence-electron chi connectivity index (χ2n) is 4.43. The van der Waals surface area contributed by atoms with E-state index >= 15 is 0 Å². The van der Waals surface area contributed by atoms with Crippen molar-refractivity contribution in [2.45, 2.75) is 19.4 Å². The normalized spacial score (nSPS) is 14.2. The minimum atomic E-state index is 0.615. The highest BCUT2D eigenvalue weighted by atomic mass is 35.5. The van der Waals surface area contributed by atoms with Gasteiger partial charge in [-0.2, -0.15) is 0 Å². The van der Waals surface area contributed by atoms with Gasteiger partial charge < -0.3 is 10.1 Å². The predicted octanol–water partition coefficient (Wildman–Crippen LogP) is 3.06. The van der Waals surface area contributed by atoms with Crippen LogP contribution in [-0.4, -0.2) is 18.1 Å². The maximum atomic E-state index is 6.04. The van der Waals surface area contributed by atoms with Gasteiger partial charge in [0.2, 0.25) is 0 Å². The minimum absolute atomic E-state index is 0.615. The topological polar surface area (TPSA) is 34.1 Å². The Labute approximate surface area is 121 Å². The summed E-state index contributed by atoms with van der Waals surface area (Å²) < 4.78 is 5.69. The highest BCUT2D eigenvalue weighted by molar-refractivity contribution is 7.11. The fraction of sp³-hybridized carbons (Fsp3) is 0.357. The van der Waals surface area contributed by atoms with Crippen LogP contribution >= 0.6 is 22.9 Å². The Bertz CT molecular complexity index is 547. The summed E-state index contributed by atoms with van der Waals surface area (Å²) in [6, 6.07) is 7.55. The first-order chi connectivity index (χ1) is 9.33. The zero-order chi connectivity index (χ0) is 13.1. The van der Waals surface area contributed by atoms with Gasteiger partial charge >= 0.3 is 0 Å². The van der Waals surface area contributed by atoms with E-state index in [1.54, 1.807) is 11.3 Å². The third-order valence-corrected chi connectivity index (χ3v) is 4.53. The molecule has 0 spiro atoms. The molecule has 1 N–H and O–H groups in total. The Hall–Kier alpha value is -1.10. The number of para-hydroxylation sites is 1. The fourth-order valence-electron chi connectivity index (χ4n) is 2.10. The number of fused-ring (bicyclic) bond motifs is 1. The van der Waals surface area contributed by atoms with E-state index in [0.29, 0.717) is 11.6 Å². The van der Waals surface area contributed by atoms with Crippen molar-refractivity contribution in [2.24, 2.45) is 0 Å². The molecule has 2 heterocycles. The molecule has 0 bridgehead atoms. The Morgan fingerprint density at radius 1 is 1.37 bits per heavy atom. The van der Waals surface area contributed by atoms with Gasteiger partial charge in [-0.1, -0.05) is 23.7 Å². The number of nitrogens with zero attached hydrogens (tertiary/aromatic N) is 1. The smallest absolute Gasteiger partial charge is 0.137 e. The molecule has 0 amide bonds. The van der Waals surface area contributed by atoms with Crippen molar-refractivity contribution < 1.29 is 4.74 Å². The summed E-state index contributed by atoms with van der Waals surface area (Å²) in [4.78, 5) is 6.04.